The Balaban J connectivity index is 3.05. The average molecular weight is 296 g/mol. The van der Waals surface area contributed by atoms with Gasteiger partial charge in [0.1, 0.15) is 0 Å². The molecular weight excluding hydrogens is 260 g/mol. The fourth-order valence-electron chi connectivity index (χ4n) is 2.53. The SMILES string of the molecule is CCCCCCCCCCCCC/C=C/CCCC(=O)O. The van der Waals surface area contributed by atoms with Crippen LogP contribution < -0.4 is 0 Å². The molecule has 0 atom stereocenters. The minimum atomic E-state index is -0.686. The Labute approximate surface area is 132 Å². The topological polar surface area (TPSA) is 37.3 Å². The number of carbonyl (C=O) groups is 1. The maximum atomic E-state index is 10.3. The summed E-state index contributed by atoms with van der Waals surface area (Å²) < 4.78 is 0. The Hall–Kier alpha value is -0.790. The molecule has 0 amide bonds. The molecule has 0 bridgehead atoms. The zero-order valence-corrected chi connectivity index (χ0v) is 14.1. The lowest BCUT2D eigenvalue weighted by atomic mass is 10.1. The van der Waals surface area contributed by atoms with Gasteiger partial charge in [-0.2, -0.15) is 0 Å². The lowest BCUT2D eigenvalue weighted by Crippen LogP contribution is -1.92. The van der Waals surface area contributed by atoms with Crippen LogP contribution in [0.15, 0.2) is 12.2 Å². The zero-order valence-electron chi connectivity index (χ0n) is 14.1. The number of hydrogen-bond donors (Lipinski definition) is 1. The van der Waals surface area contributed by atoms with Crippen molar-refractivity contribution < 1.29 is 9.90 Å². The molecule has 124 valence electrons. The van der Waals surface area contributed by atoms with Gasteiger partial charge in [0.2, 0.25) is 0 Å². The van der Waals surface area contributed by atoms with Gasteiger partial charge in [-0.25, -0.2) is 0 Å². The molecule has 0 radical (unpaired) electrons. The van der Waals surface area contributed by atoms with Gasteiger partial charge in [-0.3, -0.25) is 4.79 Å². The second-order valence-corrected chi connectivity index (χ2v) is 6.08. The van der Waals surface area contributed by atoms with Gasteiger partial charge in [-0.05, 0) is 25.7 Å². The number of carboxylic acids is 1. The van der Waals surface area contributed by atoms with Crippen LogP contribution in [-0.4, -0.2) is 11.1 Å². The molecular formula is C19H36O2. The highest BCUT2D eigenvalue weighted by molar-refractivity contribution is 5.66. The molecule has 2 nitrogen and oxygen atoms in total. The summed E-state index contributed by atoms with van der Waals surface area (Å²) in [7, 11) is 0. The van der Waals surface area contributed by atoms with E-state index in [1.54, 1.807) is 0 Å². The maximum Gasteiger partial charge on any atom is 0.303 e. The van der Waals surface area contributed by atoms with Gasteiger partial charge in [-0.1, -0.05) is 83.3 Å². The molecule has 0 aromatic rings. The van der Waals surface area contributed by atoms with Gasteiger partial charge >= 0.3 is 5.97 Å². The average Bonchev–Trinajstić information content (AvgIpc) is 2.46. The molecule has 1 N–H and O–H groups in total. The summed E-state index contributed by atoms with van der Waals surface area (Å²) in [5.74, 6) is -0.686. The van der Waals surface area contributed by atoms with Crippen molar-refractivity contribution >= 4 is 5.97 Å². The van der Waals surface area contributed by atoms with Crippen LogP contribution in [0.1, 0.15) is 103 Å². The van der Waals surface area contributed by atoms with Crippen LogP contribution in [-0.2, 0) is 4.79 Å². The number of carboxylic acid groups (broad SMARTS) is 1. The molecule has 0 unspecified atom stereocenters. The highest BCUT2D eigenvalue weighted by atomic mass is 16.4. The number of rotatable bonds is 16. The zero-order chi connectivity index (χ0) is 15.6. The predicted molar refractivity (Wildman–Crippen MR) is 91.7 cm³/mol. The molecule has 0 aromatic heterocycles. The Morgan fingerprint density at radius 1 is 0.714 bits per heavy atom. The molecule has 0 aliphatic carbocycles. The third-order valence-electron chi connectivity index (χ3n) is 3.90. The van der Waals surface area contributed by atoms with E-state index in [2.05, 4.69) is 19.1 Å². The van der Waals surface area contributed by atoms with Crippen LogP contribution in [0, 0.1) is 0 Å². The smallest absolute Gasteiger partial charge is 0.303 e. The Morgan fingerprint density at radius 3 is 1.62 bits per heavy atom. The molecule has 21 heavy (non-hydrogen) atoms. The van der Waals surface area contributed by atoms with Gasteiger partial charge in [0.15, 0.2) is 0 Å². The van der Waals surface area contributed by atoms with Crippen molar-refractivity contribution in [3.05, 3.63) is 12.2 Å². The molecule has 0 aromatic carbocycles. The molecule has 0 saturated carbocycles. The minimum Gasteiger partial charge on any atom is -0.481 e. The Kier molecular flexibility index (Phi) is 16.6. The van der Waals surface area contributed by atoms with Gasteiger partial charge in [0.25, 0.3) is 0 Å². The second kappa shape index (κ2) is 17.3. The summed E-state index contributed by atoms with van der Waals surface area (Å²) in [6.07, 6.45) is 22.8. The summed E-state index contributed by atoms with van der Waals surface area (Å²) in [4.78, 5) is 10.3. The van der Waals surface area contributed by atoms with Crippen LogP contribution >= 0.6 is 0 Å². The van der Waals surface area contributed by atoms with Crippen LogP contribution in [0.4, 0.5) is 0 Å². The number of unbranched alkanes of at least 4 members (excludes halogenated alkanes) is 12. The van der Waals surface area contributed by atoms with Gasteiger partial charge in [0.05, 0.1) is 0 Å². The van der Waals surface area contributed by atoms with Gasteiger partial charge in [-0.15, -0.1) is 0 Å². The monoisotopic (exact) mass is 296 g/mol. The number of hydrogen-bond acceptors (Lipinski definition) is 1. The van der Waals surface area contributed by atoms with Crippen molar-refractivity contribution in [2.24, 2.45) is 0 Å². The van der Waals surface area contributed by atoms with E-state index in [0.29, 0.717) is 6.42 Å². The summed E-state index contributed by atoms with van der Waals surface area (Å²) in [6, 6.07) is 0. The van der Waals surface area contributed by atoms with E-state index in [1.807, 2.05) is 0 Å². The largest absolute Gasteiger partial charge is 0.481 e. The summed E-state index contributed by atoms with van der Waals surface area (Å²) >= 11 is 0. The molecule has 0 aliphatic rings. The van der Waals surface area contributed by atoms with Crippen molar-refractivity contribution in [2.45, 2.75) is 103 Å². The molecule has 0 fully saturated rings. The maximum absolute atomic E-state index is 10.3. The highest BCUT2D eigenvalue weighted by Gasteiger charge is 1.94. The van der Waals surface area contributed by atoms with Crippen LogP contribution in [0.2, 0.25) is 0 Å². The van der Waals surface area contributed by atoms with Crippen molar-refractivity contribution in [2.75, 3.05) is 0 Å². The van der Waals surface area contributed by atoms with Crippen LogP contribution in [0.25, 0.3) is 0 Å². The third kappa shape index (κ3) is 19.2. The first-order valence-electron chi connectivity index (χ1n) is 9.14. The quantitative estimate of drug-likeness (QED) is 0.261. The van der Waals surface area contributed by atoms with Gasteiger partial charge < -0.3 is 5.11 Å². The molecule has 0 saturated heterocycles. The molecule has 0 rings (SSSR count). The first-order chi connectivity index (χ1) is 10.3. The van der Waals surface area contributed by atoms with E-state index >= 15 is 0 Å². The third-order valence-corrected chi connectivity index (χ3v) is 3.90. The molecule has 2 heteroatoms. The van der Waals surface area contributed by atoms with E-state index < -0.39 is 5.97 Å². The van der Waals surface area contributed by atoms with Crippen molar-refractivity contribution in [3.8, 4) is 0 Å². The normalized spacial score (nSPS) is 11.3. The number of aliphatic carboxylic acids is 1. The van der Waals surface area contributed by atoms with E-state index in [4.69, 9.17) is 5.11 Å². The first-order valence-corrected chi connectivity index (χ1v) is 9.14. The highest BCUT2D eigenvalue weighted by Crippen LogP contribution is 2.12. The lowest BCUT2D eigenvalue weighted by molar-refractivity contribution is -0.137. The lowest BCUT2D eigenvalue weighted by Gasteiger charge is -2.01. The Bertz CT molecular complexity index is 246. The summed E-state index contributed by atoms with van der Waals surface area (Å²) in [6.45, 7) is 2.27. The van der Waals surface area contributed by atoms with Crippen molar-refractivity contribution in [3.63, 3.8) is 0 Å². The van der Waals surface area contributed by atoms with E-state index in [1.165, 1.54) is 70.6 Å². The van der Waals surface area contributed by atoms with Crippen molar-refractivity contribution in [1.82, 2.24) is 0 Å². The fraction of sp³-hybridized carbons (Fsp3) is 0.842. The predicted octanol–water partition coefficient (Wildman–Crippen LogP) is 6.50. The molecule has 0 spiro atoms. The van der Waals surface area contributed by atoms with Crippen molar-refractivity contribution in [1.29, 1.82) is 0 Å². The Morgan fingerprint density at radius 2 is 1.14 bits per heavy atom. The second-order valence-electron chi connectivity index (χ2n) is 6.08. The first kappa shape index (κ1) is 20.2. The standard InChI is InChI=1S/C19H36O2/c1-2-3-4-5-6-7-8-9-10-11-12-13-14-15-16-17-18-19(20)21/h14-15H,2-13,16-18H2,1H3,(H,20,21)/b15-14+. The molecule has 0 aliphatic heterocycles. The van der Waals surface area contributed by atoms with E-state index in [9.17, 15) is 4.79 Å². The number of allylic oxidation sites excluding steroid dienone is 2. The minimum absolute atomic E-state index is 0.294. The van der Waals surface area contributed by atoms with E-state index in [0.717, 1.165) is 19.3 Å². The van der Waals surface area contributed by atoms with Gasteiger partial charge in [0, 0.05) is 6.42 Å². The molecule has 0 heterocycles. The summed E-state index contributed by atoms with van der Waals surface area (Å²) in [5.41, 5.74) is 0. The van der Waals surface area contributed by atoms with Crippen LogP contribution in [0.3, 0.4) is 0 Å². The van der Waals surface area contributed by atoms with E-state index in [-0.39, 0.29) is 0 Å². The summed E-state index contributed by atoms with van der Waals surface area (Å²) in [5, 5.41) is 8.50. The van der Waals surface area contributed by atoms with Crippen LogP contribution in [0.5, 0.6) is 0 Å². The fourth-order valence-corrected chi connectivity index (χ4v) is 2.53.